The van der Waals surface area contributed by atoms with Gasteiger partial charge in [-0.1, -0.05) is 23.9 Å². The number of hydrogen-bond acceptors (Lipinski definition) is 5. The van der Waals surface area contributed by atoms with Crippen molar-refractivity contribution in [3.05, 3.63) is 47.9 Å². The second-order valence-corrected chi connectivity index (χ2v) is 4.26. The van der Waals surface area contributed by atoms with Gasteiger partial charge in [-0.15, -0.1) is 0 Å². The minimum atomic E-state index is -1.01. The van der Waals surface area contributed by atoms with Gasteiger partial charge in [0, 0.05) is 17.3 Å². The predicted molar refractivity (Wildman–Crippen MR) is 64.3 cm³/mol. The number of nitriles is 1. The lowest BCUT2D eigenvalue weighted by Gasteiger charge is -2.05. The van der Waals surface area contributed by atoms with Crippen LogP contribution in [0.4, 0.5) is 0 Å². The Bertz CT molecular complexity index is 637. The van der Waals surface area contributed by atoms with E-state index in [-0.39, 0.29) is 11.3 Å². The third kappa shape index (κ3) is 2.47. The maximum Gasteiger partial charge on any atom is 0.336 e. The smallest absolute Gasteiger partial charge is 0.336 e. The predicted octanol–water partition coefficient (Wildman–Crippen LogP) is 2.20. The molecule has 0 saturated heterocycles. The summed E-state index contributed by atoms with van der Waals surface area (Å²) in [5.74, 6) is -1.01. The maximum absolute atomic E-state index is 11.1. The Hall–Kier alpha value is -2.39. The Labute approximate surface area is 107 Å². The molecule has 0 atom stereocenters. The molecular formula is C12H7N3O2S. The van der Waals surface area contributed by atoms with E-state index in [1.807, 2.05) is 6.07 Å². The van der Waals surface area contributed by atoms with Gasteiger partial charge < -0.3 is 5.11 Å². The number of hydrogen-bond donors (Lipinski definition) is 1. The van der Waals surface area contributed by atoms with Gasteiger partial charge in [0.25, 0.3) is 0 Å². The van der Waals surface area contributed by atoms with Crippen LogP contribution < -0.4 is 0 Å². The molecule has 6 heteroatoms. The normalized spacial score (nSPS) is 9.72. The first kappa shape index (κ1) is 12.1. The van der Waals surface area contributed by atoms with Crippen LogP contribution in [0.15, 0.2) is 46.6 Å². The summed E-state index contributed by atoms with van der Waals surface area (Å²) in [5.41, 5.74) is 0.361. The maximum atomic E-state index is 11.1. The van der Waals surface area contributed by atoms with E-state index < -0.39 is 5.97 Å². The molecule has 88 valence electrons. The number of nitrogens with zero attached hydrogens (tertiary/aromatic N) is 3. The highest BCUT2D eigenvalue weighted by molar-refractivity contribution is 7.99. The second-order valence-electron chi connectivity index (χ2n) is 3.23. The first-order valence-electron chi connectivity index (χ1n) is 4.93. The largest absolute Gasteiger partial charge is 0.478 e. The minimum Gasteiger partial charge on any atom is -0.478 e. The van der Waals surface area contributed by atoms with Crippen molar-refractivity contribution in [2.24, 2.45) is 0 Å². The molecule has 0 aliphatic rings. The quantitative estimate of drug-likeness (QED) is 0.906. The Morgan fingerprint density at radius 1 is 1.28 bits per heavy atom. The number of carboxylic acid groups (broad SMARTS) is 1. The number of aromatic carboxylic acids is 1. The molecule has 18 heavy (non-hydrogen) atoms. The summed E-state index contributed by atoms with van der Waals surface area (Å²) in [4.78, 5) is 19.5. The van der Waals surface area contributed by atoms with Crippen molar-refractivity contribution in [1.29, 1.82) is 5.26 Å². The fraction of sp³-hybridized carbons (Fsp3) is 0. The molecular weight excluding hydrogens is 250 g/mol. The van der Waals surface area contributed by atoms with E-state index >= 15 is 0 Å². The van der Waals surface area contributed by atoms with Crippen molar-refractivity contribution in [1.82, 2.24) is 9.97 Å². The lowest BCUT2D eigenvalue weighted by molar-refractivity contribution is 0.0693. The van der Waals surface area contributed by atoms with Gasteiger partial charge in [-0.25, -0.2) is 14.8 Å². The van der Waals surface area contributed by atoms with Crippen molar-refractivity contribution >= 4 is 17.7 Å². The van der Waals surface area contributed by atoms with E-state index in [0.29, 0.717) is 9.92 Å². The summed E-state index contributed by atoms with van der Waals surface area (Å²) in [5, 5.41) is 18.3. The Balaban J connectivity index is 2.41. The van der Waals surface area contributed by atoms with Crippen LogP contribution in [0.5, 0.6) is 0 Å². The topological polar surface area (TPSA) is 86.9 Å². The van der Waals surface area contributed by atoms with Gasteiger partial charge in [-0.05, 0) is 12.1 Å². The molecule has 2 rings (SSSR count). The zero-order valence-electron chi connectivity index (χ0n) is 9.07. The number of benzene rings is 1. The summed E-state index contributed by atoms with van der Waals surface area (Å²) in [7, 11) is 0. The highest BCUT2D eigenvalue weighted by Gasteiger charge is 2.13. The van der Waals surface area contributed by atoms with Crippen LogP contribution in [0.2, 0.25) is 0 Å². The van der Waals surface area contributed by atoms with Crippen molar-refractivity contribution in [3.8, 4) is 6.07 Å². The molecule has 1 aromatic heterocycles. The van der Waals surface area contributed by atoms with Gasteiger partial charge in [-0.2, -0.15) is 5.26 Å². The Morgan fingerprint density at radius 2 is 2.00 bits per heavy atom. The first-order valence-corrected chi connectivity index (χ1v) is 5.75. The van der Waals surface area contributed by atoms with Crippen LogP contribution in [-0.4, -0.2) is 21.0 Å². The molecule has 1 aromatic carbocycles. The van der Waals surface area contributed by atoms with Crippen molar-refractivity contribution in [3.63, 3.8) is 0 Å². The van der Waals surface area contributed by atoms with Crippen LogP contribution in [0.1, 0.15) is 16.1 Å². The monoisotopic (exact) mass is 257 g/mol. The summed E-state index contributed by atoms with van der Waals surface area (Å²) < 4.78 is 0. The number of carbonyl (C=O) groups is 1. The van der Waals surface area contributed by atoms with Crippen molar-refractivity contribution in [2.45, 2.75) is 9.92 Å². The molecule has 0 aliphatic heterocycles. The van der Waals surface area contributed by atoms with E-state index in [0.717, 1.165) is 11.8 Å². The van der Waals surface area contributed by atoms with E-state index in [4.69, 9.17) is 10.4 Å². The van der Waals surface area contributed by atoms with Crippen LogP contribution >= 0.6 is 11.8 Å². The highest BCUT2D eigenvalue weighted by Crippen LogP contribution is 2.30. The lowest BCUT2D eigenvalue weighted by Crippen LogP contribution is -1.99. The molecule has 0 spiro atoms. The van der Waals surface area contributed by atoms with Crippen LogP contribution in [0.25, 0.3) is 0 Å². The van der Waals surface area contributed by atoms with Crippen LogP contribution in [0.3, 0.4) is 0 Å². The average Bonchev–Trinajstić information content (AvgIpc) is 2.40. The number of aromatic nitrogens is 2. The Morgan fingerprint density at radius 3 is 2.72 bits per heavy atom. The molecule has 0 bridgehead atoms. The number of rotatable bonds is 3. The molecule has 2 aromatic rings. The average molecular weight is 257 g/mol. The summed E-state index contributed by atoms with van der Waals surface area (Å²) in [6.07, 6.45) is 2.89. The molecule has 5 nitrogen and oxygen atoms in total. The van der Waals surface area contributed by atoms with Crippen LogP contribution in [-0.2, 0) is 0 Å². The zero-order chi connectivity index (χ0) is 13.0. The van der Waals surface area contributed by atoms with E-state index in [2.05, 4.69) is 9.97 Å². The Kier molecular flexibility index (Phi) is 3.55. The molecule has 0 amide bonds. The van der Waals surface area contributed by atoms with E-state index in [9.17, 15) is 4.79 Å². The van der Waals surface area contributed by atoms with Gasteiger partial charge in [0.15, 0.2) is 5.69 Å². The van der Waals surface area contributed by atoms with Gasteiger partial charge in [-0.3, -0.25) is 0 Å². The molecule has 0 aliphatic carbocycles. The molecule has 0 fully saturated rings. The summed E-state index contributed by atoms with van der Waals surface area (Å²) in [6, 6.07) is 8.48. The van der Waals surface area contributed by atoms with Gasteiger partial charge in [0.1, 0.15) is 11.1 Å². The summed E-state index contributed by atoms with van der Waals surface area (Å²) in [6.45, 7) is 0. The fourth-order valence-corrected chi connectivity index (χ4v) is 2.24. The molecule has 0 saturated carbocycles. The zero-order valence-corrected chi connectivity index (χ0v) is 9.89. The molecule has 0 radical (unpaired) electrons. The van der Waals surface area contributed by atoms with E-state index in [1.165, 1.54) is 18.5 Å². The van der Waals surface area contributed by atoms with Crippen molar-refractivity contribution < 1.29 is 9.90 Å². The van der Waals surface area contributed by atoms with Crippen LogP contribution in [0, 0.1) is 11.3 Å². The molecule has 0 unspecified atom stereocenters. The lowest BCUT2D eigenvalue weighted by atomic mass is 10.2. The number of carboxylic acids is 1. The third-order valence-electron chi connectivity index (χ3n) is 2.09. The highest BCUT2D eigenvalue weighted by atomic mass is 32.2. The van der Waals surface area contributed by atoms with Gasteiger partial charge >= 0.3 is 5.97 Å². The third-order valence-corrected chi connectivity index (χ3v) is 3.16. The standard InChI is InChI=1S/C12H7N3O2S/c13-7-9-11(15-6-5-14-9)18-10-4-2-1-3-8(10)12(16)17/h1-6H,(H,16,17). The summed E-state index contributed by atoms with van der Waals surface area (Å²) >= 11 is 1.12. The molecule has 1 heterocycles. The SMILES string of the molecule is N#Cc1nccnc1Sc1ccccc1C(=O)O. The van der Waals surface area contributed by atoms with E-state index in [1.54, 1.807) is 18.2 Å². The molecule has 1 N–H and O–H groups in total. The second kappa shape index (κ2) is 5.29. The van der Waals surface area contributed by atoms with Gasteiger partial charge in [0.05, 0.1) is 5.56 Å². The fourth-order valence-electron chi connectivity index (χ4n) is 1.31. The minimum absolute atomic E-state index is 0.178. The van der Waals surface area contributed by atoms with Gasteiger partial charge in [0.2, 0.25) is 0 Å². The van der Waals surface area contributed by atoms with Crippen molar-refractivity contribution in [2.75, 3.05) is 0 Å². The first-order chi connectivity index (χ1) is 8.72.